The molecule has 1 N–H and O–H groups in total. The van der Waals surface area contributed by atoms with Crippen LogP contribution in [-0.2, 0) is 4.43 Å². The quantitative estimate of drug-likeness (QED) is 0.589. The number of rotatable bonds is 0. The molecule has 2 atom stereocenters. The minimum Gasteiger partial charge on any atom is -0.432 e. The Balaban J connectivity index is 2.72. The standard InChI is InChI=1S/C7H18O2Si2/c1-7-5-6-11(4,8)10(2,3)9-7/h7-8H,5-6H2,1-4H3. The van der Waals surface area contributed by atoms with Crippen molar-refractivity contribution in [1.29, 1.82) is 0 Å². The van der Waals surface area contributed by atoms with Crippen LogP contribution in [0.5, 0.6) is 0 Å². The molecule has 0 saturated carbocycles. The first-order valence-electron chi connectivity index (χ1n) is 4.25. The van der Waals surface area contributed by atoms with Crippen LogP contribution in [0, 0.1) is 0 Å². The van der Waals surface area contributed by atoms with Gasteiger partial charge in [0.05, 0.1) is 0 Å². The highest BCUT2D eigenvalue weighted by atomic mass is 29.3. The zero-order valence-electron chi connectivity index (χ0n) is 7.85. The molecule has 1 saturated heterocycles. The van der Waals surface area contributed by atoms with Crippen LogP contribution in [0.2, 0.25) is 25.7 Å². The molecule has 1 rings (SSSR count). The second-order valence-corrected chi connectivity index (χ2v) is 17.4. The van der Waals surface area contributed by atoms with Crippen LogP contribution in [0.4, 0.5) is 0 Å². The van der Waals surface area contributed by atoms with Crippen LogP contribution < -0.4 is 0 Å². The van der Waals surface area contributed by atoms with Crippen molar-refractivity contribution in [1.82, 2.24) is 0 Å². The molecule has 0 radical (unpaired) electrons. The molecular formula is C7H18O2Si2. The van der Waals surface area contributed by atoms with E-state index in [1.807, 2.05) is 6.55 Å². The minimum atomic E-state index is -1.94. The number of hydrogen-bond acceptors (Lipinski definition) is 2. The van der Waals surface area contributed by atoms with Gasteiger partial charge in [0.15, 0.2) is 0 Å². The highest BCUT2D eigenvalue weighted by Gasteiger charge is 2.49. The van der Waals surface area contributed by atoms with Crippen LogP contribution in [-0.4, -0.2) is 26.6 Å². The Hall–Kier alpha value is 0.354. The van der Waals surface area contributed by atoms with Gasteiger partial charge < -0.3 is 9.22 Å². The van der Waals surface area contributed by atoms with Crippen LogP contribution in [0.25, 0.3) is 0 Å². The van der Waals surface area contributed by atoms with Crippen molar-refractivity contribution in [2.45, 2.75) is 45.1 Å². The molecule has 1 heterocycles. The topological polar surface area (TPSA) is 29.5 Å². The summed E-state index contributed by atoms with van der Waals surface area (Å²) in [6, 6.07) is 1.04. The molecular weight excluding hydrogens is 172 g/mol. The van der Waals surface area contributed by atoms with E-state index in [2.05, 4.69) is 20.0 Å². The molecule has 0 amide bonds. The fraction of sp³-hybridized carbons (Fsp3) is 1.00. The lowest BCUT2D eigenvalue weighted by atomic mass is 10.3. The van der Waals surface area contributed by atoms with Gasteiger partial charge in [-0.15, -0.1) is 0 Å². The molecule has 1 aliphatic rings. The van der Waals surface area contributed by atoms with Gasteiger partial charge in [-0.3, -0.25) is 0 Å². The lowest BCUT2D eigenvalue weighted by Gasteiger charge is -2.42. The summed E-state index contributed by atoms with van der Waals surface area (Å²) in [6.07, 6.45) is 1.43. The smallest absolute Gasteiger partial charge is 0.205 e. The Labute approximate surface area is 70.6 Å². The molecule has 4 heteroatoms. The van der Waals surface area contributed by atoms with E-state index < -0.39 is 15.7 Å². The van der Waals surface area contributed by atoms with Crippen LogP contribution in [0.3, 0.4) is 0 Å². The van der Waals surface area contributed by atoms with Gasteiger partial charge in [0.2, 0.25) is 15.7 Å². The molecule has 0 aliphatic carbocycles. The first-order valence-corrected chi connectivity index (χ1v) is 10.8. The molecule has 2 unspecified atom stereocenters. The molecule has 0 spiro atoms. The van der Waals surface area contributed by atoms with E-state index in [9.17, 15) is 4.80 Å². The maximum absolute atomic E-state index is 10.1. The van der Waals surface area contributed by atoms with Crippen molar-refractivity contribution in [3.63, 3.8) is 0 Å². The first kappa shape index (κ1) is 9.44. The lowest BCUT2D eigenvalue weighted by Crippen LogP contribution is -2.63. The third kappa shape index (κ3) is 1.74. The van der Waals surface area contributed by atoms with E-state index in [0.29, 0.717) is 6.10 Å². The monoisotopic (exact) mass is 190 g/mol. The van der Waals surface area contributed by atoms with Crippen molar-refractivity contribution in [3.8, 4) is 0 Å². The van der Waals surface area contributed by atoms with Gasteiger partial charge in [-0.1, -0.05) is 0 Å². The Morgan fingerprint density at radius 2 is 1.91 bits per heavy atom. The van der Waals surface area contributed by atoms with E-state index in [1.54, 1.807) is 0 Å². The highest BCUT2D eigenvalue weighted by Crippen LogP contribution is 2.31. The summed E-state index contributed by atoms with van der Waals surface area (Å²) in [6.45, 7) is 8.45. The van der Waals surface area contributed by atoms with Gasteiger partial charge in [0, 0.05) is 6.10 Å². The van der Waals surface area contributed by atoms with Gasteiger partial charge in [0.1, 0.15) is 0 Å². The normalized spacial score (nSPS) is 43.9. The van der Waals surface area contributed by atoms with Crippen LogP contribution in [0.15, 0.2) is 0 Å². The summed E-state index contributed by atoms with van der Waals surface area (Å²) in [4.78, 5) is 10.1. The molecule has 66 valence electrons. The van der Waals surface area contributed by atoms with Gasteiger partial charge in [0.25, 0.3) is 0 Å². The van der Waals surface area contributed by atoms with Crippen molar-refractivity contribution in [3.05, 3.63) is 0 Å². The predicted octanol–water partition coefficient (Wildman–Crippen LogP) is 1.65. The molecule has 2 nitrogen and oxygen atoms in total. The second kappa shape index (κ2) is 2.69. The third-order valence-electron chi connectivity index (χ3n) is 2.83. The summed E-state index contributed by atoms with van der Waals surface area (Å²) >= 11 is 0. The van der Waals surface area contributed by atoms with Gasteiger partial charge >= 0.3 is 0 Å². The van der Waals surface area contributed by atoms with Gasteiger partial charge in [-0.25, -0.2) is 0 Å². The summed E-state index contributed by atoms with van der Waals surface area (Å²) in [5.41, 5.74) is 0. The Bertz CT molecular complexity index is 157. The summed E-state index contributed by atoms with van der Waals surface area (Å²) < 4.78 is 5.84. The van der Waals surface area contributed by atoms with Crippen molar-refractivity contribution in [2.75, 3.05) is 0 Å². The first-order chi connectivity index (χ1) is 4.85. The summed E-state index contributed by atoms with van der Waals surface area (Å²) in [5, 5.41) is 0. The molecule has 0 aromatic rings. The van der Waals surface area contributed by atoms with Gasteiger partial charge in [-0.05, 0) is 39.0 Å². The van der Waals surface area contributed by atoms with E-state index in [0.717, 1.165) is 12.5 Å². The second-order valence-electron chi connectivity index (χ2n) is 4.25. The zero-order chi connectivity index (χ0) is 8.70. The molecule has 1 fully saturated rings. The Morgan fingerprint density at radius 1 is 1.36 bits per heavy atom. The fourth-order valence-electron chi connectivity index (χ4n) is 1.47. The minimum absolute atomic E-state index is 0.379. The molecule has 0 aromatic carbocycles. The van der Waals surface area contributed by atoms with Crippen molar-refractivity contribution < 1.29 is 9.22 Å². The maximum Gasteiger partial charge on any atom is 0.205 e. The molecule has 0 aromatic heterocycles. The Kier molecular flexibility index (Phi) is 2.31. The summed E-state index contributed by atoms with van der Waals surface area (Å²) in [7, 11) is -3.63. The summed E-state index contributed by atoms with van der Waals surface area (Å²) in [5.74, 6) is 0. The third-order valence-corrected chi connectivity index (χ3v) is 16.6. The highest BCUT2D eigenvalue weighted by molar-refractivity contribution is 7.35. The van der Waals surface area contributed by atoms with E-state index in [1.165, 1.54) is 0 Å². The maximum atomic E-state index is 10.1. The average molecular weight is 190 g/mol. The van der Waals surface area contributed by atoms with Crippen molar-refractivity contribution >= 4 is 15.7 Å². The zero-order valence-corrected chi connectivity index (χ0v) is 9.85. The molecule has 1 aliphatic heterocycles. The SMILES string of the molecule is CC1CC[Si](C)(O)[Si](C)(C)O1. The number of hydrogen-bond donors (Lipinski definition) is 1. The fourth-order valence-corrected chi connectivity index (χ4v) is 8.03. The average Bonchev–Trinajstić information content (AvgIpc) is 1.80. The van der Waals surface area contributed by atoms with E-state index in [-0.39, 0.29) is 0 Å². The lowest BCUT2D eigenvalue weighted by molar-refractivity contribution is 0.199. The van der Waals surface area contributed by atoms with E-state index in [4.69, 9.17) is 4.43 Å². The molecule has 0 bridgehead atoms. The predicted molar refractivity (Wildman–Crippen MR) is 51.3 cm³/mol. The largest absolute Gasteiger partial charge is 0.432 e. The van der Waals surface area contributed by atoms with E-state index >= 15 is 0 Å². The van der Waals surface area contributed by atoms with Crippen molar-refractivity contribution in [2.24, 2.45) is 0 Å². The Morgan fingerprint density at radius 3 is 2.27 bits per heavy atom. The molecule has 11 heavy (non-hydrogen) atoms. The van der Waals surface area contributed by atoms with Crippen LogP contribution in [0.1, 0.15) is 13.3 Å². The van der Waals surface area contributed by atoms with Crippen LogP contribution >= 0.6 is 0 Å². The van der Waals surface area contributed by atoms with Gasteiger partial charge in [-0.2, -0.15) is 0 Å².